The standard InChI is InChI=1S/C15H14F2N2O/c1-9-4-2-5-10(8-9)19-14(15(18)20)13-11(16)6-3-7-12(13)17/h2-8,14,19H,1H3,(H2,18,20). The average molecular weight is 276 g/mol. The number of anilines is 1. The quantitative estimate of drug-likeness (QED) is 0.902. The first-order chi connectivity index (χ1) is 9.49. The van der Waals surface area contributed by atoms with Crippen LogP contribution in [-0.4, -0.2) is 5.91 Å². The van der Waals surface area contributed by atoms with E-state index < -0.39 is 23.6 Å². The van der Waals surface area contributed by atoms with Crippen molar-refractivity contribution in [3.63, 3.8) is 0 Å². The molecule has 1 atom stereocenters. The molecule has 0 bridgehead atoms. The number of primary amides is 1. The molecular formula is C15H14F2N2O. The number of carbonyl (C=O) groups excluding carboxylic acids is 1. The second kappa shape index (κ2) is 5.69. The van der Waals surface area contributed by atoms with Gasteiger partial charge in [0.25, 0.3) is 0 Å². The van der Waals surface area contributed by atoms with Crippen LogP contribution in [0.5, 0.6) is 0 Å². The number of rotatable bonds is 4. The molecule has 0 spiro atoms. The number of hydrogen-bond donors (Lipinski definition) is 2. The Morgan fingerprint density at radius 3 is 2.30 bits per heavy atom. The van der Waals surface area contributed by atoms with Gasteiger partial charge in [-0.05, 0) is 36.8 Å². The molecule has 0 aromatic heterocycles. The molecule has 1 unspecified atom stereocenters. The van der Waals surface area contributed by atoms with Gasteiger partial charge < -0.3 is 11.1 Å². The summed E-state index contributed by atoms with van der Waals surface area (Å²) in [5, 5.41) is 2.76. The lowest BCUT2D eigenvalue weighted by Gasteiger charge is -2.18. The molecule has 3 nitrogen and oxygen atoms in total. The minimum Gasteiger partial charge on any atom is -0.370 e. The van der Waals surface area contributed by atoms with Gasteiger partial charge in [-0.2, -0.15) is 0 Å². The molecule has 0 aliphatic heterocycles. The highest BCUT2D eigenvalue weighted by molar-refractivity contribution is 5.84. The van der Waals surface area contributed by atoms with E-state index in [2.05, 4.69) is 5.32 Å². The topological polar surface area (TPSA) is 55.1 Å². The van der Waals surface area contributed by atoms with Crippen LogP contribution in [0, 0.1) is 18.6 Å². The average Bonchev–Trinajstić information content (AvgIpc) is 2.37. The SMILES string of the molecule is Cc1cccc(NC(C(N)=O)c2c(F)cccc2F)c1. The van der Waals surface area contributed by atoms with Crippen molar-refractivity contribution in [2.45, 2.75) is 13.0 Å². The highest BCUT2D eigenvalue weighted by Crippen LogP contribution is 2.25. The lowest BCUT2D eigenvalue weighted by Crippen LogP contribution is -2.29. The van der Waals surface area contributed by atoms with Crippen LogP contribution in [0.1, 0.15) is 17.2 Å². The molecule has 20 heavy (non-hydrogen) atoms. The fraction of sp³-hybridized carbons (Fsp3) is 0.133. The Kier molecular flexibility index (Phi) is 3.98. The van der Waals surface area contributed by atoms with Crippen molar-refractivity contribution in [1.82, 2.24) is 0 Å². The Morgan fingerprint density at radius 2 is 1.75 bits per heavy atom. The number of nitrogens with one attached hydrogen (secondary N) is 1. The highest BCUT2D eigenvalue weighted by Gasteiger charge is 2.24. The first kappa shape index (κ1) is 14.0. The number of hydrogen-bond acceptors (Lipinski definition) is 2. The summed E-state index contributed by atoms with van der Waals surface area (Å²) in [7, 11) is 0. The van der Waals surface area contributed by atoms with E-state index in [4.69, 9.17) is 5.73 Å². The Hall–Kier alpha value is -2.43. The minimum absolute atomic E-state index is 0.374. The van der Waals surface area contributed by atoms with E-state index >= 15 is 0 Å². The Bertz CT molecular complexity index is 623. The Morgan fingerprint density at radius 1 is 1.15 bits per heavy atom. The zero-order chi connectivity index (χ0) is 14.7. The van der Waals surface area contributed by atoms with Crippen molar-refractivity contribution in [2.75, 3.05) is 5.32 Å². The molecule has 0 saturated carbocycles. The van der Waals surface area contributed by atoms with Gasteiger partial charge in [0.15, 0.2) is 0 Å². The minimum atomic E-state index is -1.27. The van der Waals surface area contributed by atoms with Crippen molar-refractivity contribution < 1.29 is 13.6 Å². The molecule has 2 rings (SSSR count). The Balaban J connectivity index is 2.40. The van der Waals surface area contributed by atoms with E-state index in [1.165, 1.54) is 6.07 Å². The molecule has 0 radical (unpaired) electrons. The van der Waals surface area contributed by atoms with Gasteiger partial charge in [0.1, 0.15) is 17.7 Å². The molecule has 5 heteroatoms. The Labute approximate surface area is 115 Å². The predicted octanol–water partition coefficient (Wildman–Crippen LogP) is 2.91. The van der Waals surface area contributed by atoms with Gasteiger partial charge in [-0.1, -0.05) is 18.2 Å². The summed E-state index contributed by atoms with van der Waals surface area (Å²) in [6.45, 7) is 1.87. The number of aryl methyl sites for hydroxylation is 1. The number of halogens is 2. The van der Waals surface area contributed by atoms with Gasteiger partial charge in [0.05, 0.1) is 5.56 Å². The van der Waals surface area contributed by atoms with Crippen molar-refractivity contribution in [3.8, 4) is 0 Å². The molecule has 0 heterocycles. The monoisotopic (exact) mass is 276 g/mol. The molecule has 2 aromatic carbocycles. The summed E-state index contributed by atoms with van der Waals surface area (Å²) >= 11 is 0. The van der Waals surface area contributed by atoms with Crippen molar-refractivity contribution in [2.24, 2.45) is 5.73 Å². The maximum atomic E-state index is 13.8. The van der Waals surface area contributed by atoms with Crippen LogP contribution in [0.15, 0.2) is 42.5 Å². The van der Waals surface area contributed by atoms with E-state index in [9.17, 15) is 13.6 Å². The van der Waals surface area contributed by atoms with Crippen LogP contribution < -0.4 is 11.1 Å². The van der Waals surface area contributed by atoms with Crippen LogP contribution in [0.2, 0.25) is 0 Å². The molecule has 0 aliphatic rings. The van der Waals surface area contributed by atoms with E-state index in [-0.39, 0.29) is 5.56 Å². The molecule has 2 aromatic rings. The number of benzene rings is 2. The van der Waals surface area contributed by atoms with Gasteiger partial charge in [0.2, 0.25) is 5.91 Å². The zero-order valence-corrected chi connectivity index (χ0v) is 10.9. The van der Waals surface area contributed by atoms with Gasteiger partial charge in [-0.3, -0.25) is 4.79 Å². The first-order valence-corrected chi connectivity index (χ1v) is 6.05. The molecular weight excluding hydrogens is 262 g/mol. The third-order valence-electron chi connectivity index (χ3n) is 2.90. The number of nitrogens with two attached hydrogens (primary N) is 1. The molecule has 1 amide bonds. The second-order valence-electron chi connectivity index (χ2n) is 4.48. The molecule has 0 aliphatic carbocycles. The third-order valence-corrected chi connectivity index (χ3v) is 2.90. The molecule has 104 valence electrons. The van der Waals surface area contributed by atoms with Crippen LogP contribution in [0.3, 0.4) is 0 Å². The maximum Gasteiger partial charge on any atom is 0.244 e. The smallest absolute Gasteiger partial charge is 0.244 e. The lowest BCUT2D eigenvalue weighted by molar-refractivity contribution is -0.119. The second-order valence-corrected chi connectivity index (χ2v) is 4.48. The fourth-order valence-corrected chi connectivity index (χ4v) is 1.97. The van der Waals surface area contributed by atoms with Gasteiger partial charge in [-0.15, -0.1) is 0 Å². The molecule has 0 saturated heterocycles. The predicted molar refractivity (Wildman–Crippen MR) is 73.1 cm³/mol. The van der Waals surface area contributed by atoms with Gasteiger partial charge in [0, 0.05) is 5.69 Å². The number of carbonyl (C=O) groups is 1. The fourth-order valence-electron chi connectivity index (χ4n) is 1.97. The van der Waals surface area contributed by atoms with Crippen LogP contribution in [0.25, 0.3) is 0 Å². The van der Waals surface area contributed by atoms with E-state index in [1.807, 2.05) is 13.0 Å². The summed E-state index contributed by atoms with van der Waals surface area (Å²) in [6, 6.07) is 9.24. The summed E-state index contributed by atoms with van der Waals surface area (Å²) in [5.74, 6) is -2.47. The summed E-state index contributed by atoms with van der Waals surface area (Å²) < 4.78 is 27.5. The molecule has 3 N–H and O–H groups in total. The van der Waals surface area contributed by atoms with Crippen LogP contribution >= 0.6 is 0 Å². The van der Waals surface area contributed by atoms with E-state index in [0.29, 0.717) is 5.69 Å². The van der Waals surface area contributed by atoms with Crippen molar-refractivity contribution in [1.29, 1.82) is 0 Å². The largest absolute Gasteiger partial charge is 0.370 e. The lowest BCUT2D eigenvalue weighted by atomic mass is 10.0. The first-order valence-electron chi connectivity index (χ1n) is 6.05. The number of amides is 1. The third kappa shape index (κ3) is 2.93. The van der Waals surface area contributed by atoms with Crippen molar-refractivity contribution >= 4 is 11.6 Å². The van der Waals surface area contributed by atoms with Gasteiger partial charge >= 0.3 is 0 Å². The van der Waals surface area contributed by atoms with Gasteiger partial charge in [-0.25, -0.2) is 8.78 Å². The van der Waals surface area contributed by atoms with Crippen LogP contribution in [-0.2, 0) is 4.79 Å². The normalized spacial score (nSPS) is 11.9. The summed E-state index contributed by atoms with van der Waals surface area (Å²) in [6.07, 6.45) is 0. The summed E-state index contributed by atoms with van der Waals surface area (Å²) in [4.78, 5) is 11.5. The summed E-state index contributed by atoms with van der Waals surface area (Å²) in [5.41, 5.74) is 6.40. The van der Waals surface area contributed by atoms with E-state index in [1.54, 1.807) is 18.2 Å². The highest BCUT2D eigenvalue weighted by atomic mass is 19.1. The zero-order valence-electron chi connectivity index (χ0n) is 10.9. The van der Waals surface area contributed by atoms with Crippen molar-refractivity contribution in [3.05, 3.63) is 65.2 Å². The van der Waals surface area contributed by atoms with E-state index in [0.717, 1.165) is 17.7 Å². The maximum absolute atomic E-state index is 13.8. The molecule has 0 fully saturated rings. The van der Waals surface area contributed by atoms with Crippen LogP contribution in [0.4, 0.5) is 14.5 Å².